The van der Waals surface area contributed by atoms with E-state index in [1.54, 1.807) is 0 Å². The van der Waals surface area contributed by atoms with E-state index >= 15 is 0 Å². The molecule has 3 aliphatic heterocycles. The van der Waals surface area contributed by atoms with Crippen molar-refractivity contribution in [3.05, 3.63) is 0 Å². The number of morpholine rings is 1. The van der Waals surface area contributed by atoms with E-state index in [1.807, 2.05) is 7.05 Å². The van der Waals surface area contributed by atoms with Crippen molar-refractivity contribution in [3.8, 4) is 0 Å². The van der Waals surface area contributed by atoms with Crippen molar-refractivity contribution in [1.82, 2.24) is 20.0 Å². The highest BCUT2D eigenvalue weighted by Crippen LogP contribution is 2.17. The lowest BCUT2D eigenvalue weighted by Gasteiger charge is -2.32. The highest BCUT2D eigenvalue weighted by molar-refractivity contribution is 7.99. The largest absolute Gasteiger partial charge is 0.379 e. The van der Waals surface area contributed by atoms with Gasteiger partial charge < -0.3 is 15.0 Å². The first-order valence-corrected chi connectivity index (χ1v) is 10.1. The molecule has 0 spiro atoms. The SMILES string of the molecule is CN=C(NCCN1CCSCC1)N1CCC(N2CCOCC2)C1. The molecule has 3 heterocycles. The molecule has 0 aliphatic carbocycles. The lowest BCUT2D eigenvalue weighted by atomic mass is 10.2. The average Bonchev–Trinajstić information content (AvgIpc) is 3.10. The summed E-state index contributed by atoms with van der Waals surface area (Å²) in [5, 5.41) is 3.57. The minimum absolute atomic E-state index is 0.663. The van der Waals surface area contributed by atoms with Gasteiger partial charge in [0.2, 0.25) is 0 Å². The van der Waals surface area contributed by atoms with E-state index in [-0.39, 0.29) is 0 Å². The summed E-state index contributed by atoms with van der Waals surface area (Å²) < 4.78 is 5.47. The molecule has 7 heteroatoms. The summed E-state index contributed by atoms with van der Waals surface area (Å²) in [7, 11) is 1.90. The molecule has 6 nitrogen and oxygen atoms in total. The van der Waals surface area contributed by atoms with Gasteiger partial charge in [0, 0.05) is 77.0 Å². The first kappa shape index (κ1) is 17.3. The van der Waals surface area contributed by atoms with Crippen molar-refractivity contribution in [2.24, 2.45) is 4.99 Å². The Kier molecular flexibility index (Phi) is 6.86. The number of nitrogens with one attached hydrogen (secondary N) is 1. The molecule has 132 valence electrons. The van der Waals surface area contributed by atoms with Gasteiger partial charge in [0.25, 0.3) is 0 Å². The first-order valence-electron chi connectivity index (χ1n) is 8.94. The smallest absolute Gasteiger partial charge is 0.193 e. The molecule has 3 saturated heterocycles. The highest BCUT2D eigenvalue weighted by Gasteiger charge is 2.30. The van der Waals surface area contributed by atoms with Crippen LogP contribution in [-0.4, -0.2) is 111 Å². The van der Waals surface area contributed by atoms with Gasteiger partial charge in [-0.2, -0.15) is 11.8 Å². The van der Waals surface area contributed by atoms with Crippen LogP contribution in [0.25, 0.3) is 0 Å². The predicted molar refractivity (Wildman–Crippen MR) is 97.5 cm³/mol. The number of guanidine groups is 1. The topological polar surface area (TPSA) is 43.3 Å². The lowest BCUT2D eigenvalue weighted by molar-refractivity contribution is 0.0195. The molecule has 1 N–H and O–H groups in total. The minimum Gasteiger partial charge on any atom is -0.379 e. The molecule has 0 aromatic heterocycles. The molecule has 3 fully saturated rings. The third kappa shape index (κ3) is 4.98. The Bertz CT molecular complexity index is 383. The second kappa shape index (κ2) is 9.11. The Morgan fingerprint density at radius 3 is 2.70 bits per heavy atom. The van der Waals surface area contributed by atoms with Gasteiger partial charge in [-0.25, -0.2) is 0 Å². The van der Waals surface area contributed by atoms with Crippen LogP contribution in [0.1, 0.15) is 6.42 Å². The van der Waals surface area contributed by atoms with E-state index in [9.17, 15) is 0 Å². The number of aliphatic imine (C=N–C) groups is 1. The maximum Gasteiger partial charge on any atom is 0.193 e. The molecule has 1 unspecified atom stereocenters. The van der Waals surface area contributed by atoms with Gasteiger partial charge in [0.15, 0.2) is 5.96 Å². The minimum atomic E-state index is 0.663. The molecule has 1 atom stereocenters. The normalized spacial score (nSPS) is 28.3. The van der Waals surface area contributed by atoms with E-state index in [1.165, 1.54) is 31.0 Å². The van der Waals surface area contributed by atoms with Crippen molar-refractivity contribution in [1.29, 1.82) is 0 Å². The van der Waals surface area contributed by atoms with Gasteiger partial charge in [-0.3, -0.25) is 14.8 Å². The zero-order valence-corrected chi connectivity index (χ0v) is 15.2. The van der Waals surface area contributed by atoms with Crippen LogP contribution in [0.5, 0.6) is 0 Å². The summed E-state index contributed by atoms with van der Waals surface area (Å²) in [5.74, 6) is 3.64. The van der Waals surface area contributed by atoms with Crippen LogP contribution in [0.4, 0.5) is 0 Å². The van der Waals surface area contributed by atoms with Crippen LogP contribution in [0.2, 0.25) is 0 Å². The number of hydrogen-bond acceptors (Lipinski definition) is 5. The van der Waals surface area contributed by atoms with Crippen molar-refractivity contribution in [2.75, 3.05) is 84.1 Å². The summed E-state index contributed by atoms with van der Waals surface area (Å²) >= 11 is 2.07. The molecule has 0 aromatic carbocycles. The molecule has 23 heavy (non-hydrogen) atoms. The van der Waals surface area contributed by atoms with Gasteiger partial charge in [-0.15, -0.1) is 0 Å². The van der Waals surface area contributed by atoms with E-state index in [4.69, 9.17) is 4.74 Å². The molecule has 0 saturated carbocycles. The van der Waals surface area contributed by atoms with Gasteiger partial charge in [-0.1, -0.05) is 0 Å². The van der Waals surface area contributed by atoms with Gasteiger partial charge in [0.1, 0.15) is 0 Å². The fraction of sp³-hybridized carbons (Fsp3) is 0.938. The third-order valence-corrected chi connectivity index (χ3v) is 5.99. The van der Waals surface area contributed by atoms with E-state index in [0.717, 1.165) is 58.4 Å². The maximum absolute atomic E-state index is 5.47. The Morgan fingerprint density at radius 1 is 1.17 bits per heavy atom. The van der Waals surface area contributed by atoms with Crippen LogP contribution < -0.4 is 5.32 Å². The predicted octanol–water partition coefficient (Wildman–Crippen LogP) is 0.0171. The molecule has 0 radical (unpaired) electrons. The van der Waals surface area contributed by atoms with Crippen molar-refractivity contribution in [3.63, 3.8) is 0 Å². The van der Waals surface area contributed by atoms with Crippen LogP contribution >= 0.6 is 11.8 Å². The fourth-order valence-electron chi connectivity index (χ4n) is 3.66. The molecule has 0 bridgehead atoms. The third-order valence-electron chi connectivity index (χ3n) is 5.05. The summed E-state index contributed by atoms with van der Waals surface area (Å²) in [6.45, 7) is 10.7. The van der Waals surface area contributed by atoms with Gasteiger partial charge in [0.05, 0.1) is 13.2 Å². The number of nitrogens with zero attached hydrogens (tertiary/aromatic N) is 4. The van der Waals surface area contributed by atoms with E-state index < -0.39 is 0 Å². The zero-order chi connectivity index (χ0) is 15.9. The second-order valence-corrected chi connectivity index (χ2v) is 7.69. The average molecular weight is 342 g/mol. The number of thioether (sulfide) groups is 1. The molecular formula is C16H31N5OS. The quantitative estimate of drug-likeness (QED) is 0.574. The molecule has 0 aromatic rings. The first-order chi connectivity index (χ1) is 11.4. The molecule has 3 aliphatic rings. The second-order valence-electron chi connectivity index (χ2n) is 6.46. The molecule has 3 rings (SSSR count). The van der Waals surface area contributed by atoms with Gasteiger partial charge in [-0.05, 0) is 6.42 Å². The van der Waals surface area contributed by atoms with Crippen LogP contribution in [0.15, 0.2) is 4.99 Å². The summed E-state index contributed by atoms with van der Waals surface area (Å²) in [6, 6.07) is 0.663. The van der Waals surface area contributed by atoms with E-state index in [2.05, 4.69) is 36.8 Å². The summed E-state index contributed by atoms with van der Waals surface area (Å²) in [5.41, 5.74) is 0. The Labute approximate surface area is 144 Å². The number of ether oxygens (including phenoxy) is 1. The number of rotatable bonds is 4. The summed E-state index contributed by atoms with van der Waals surface area (Å²) in [6.07, 6.45) is 1.24. The Hall–Kier alpha value is -0.500. The zero-order valence-electron chi connectivity index (χ0n) is 14.4. The van der Waals surface area contributed by atoms with Crippen LogP contribution in [-0.2, 0) is 4.74 Å². The Morgan fingerprint density at radius 2 is 1.96 bits per heavy atom. The lowest BCUT2D eigenvalue weighted by Crippen LogP contribution is -2.47. The monoisotopic (exact) mass is 341 g/mol. The van der Waals surface area contributed by atoms with Crippen LogP contribution in [0, 0.1) is 0 Å². The maximum atomic E-state index is 5.47. The molecular weight excluding hydrogens is 310 g/mol. The van der Waals surface area contributed by atoms with Crippen molar-refractivity contribution in [2.45, 2.75) is 12.5 Å². The van der Waals surface area contributed by atoms with Crippen LogP contribution in [0.3, 0.4) is 0 Å². The molecule has 0 amide bonds. The highest BCUT2D eigenvalue weighted by atomic mass is 32.2. The van der Waals surface area contributed by atoms with E-state index in [0.29, 0.717) is 6.04 Å². The Balaban J connectivity index is 1.40. The fourth-order valence-corrected chi connectivity index (χ4v) is 4.64. The van der Waals surface area contributed by atoms with Crippen molar-refractivity contribution >= 4 is 17.7 Å². The summed E-state index contributed by atoms with van der Waals surface area (Å²) in [4.78, 5) is 12.1. The number of hydrogen-bond donors (Lipinski definition) is 1. The number of likely N-dealkylation sites (tertiary alicyclic amines) is 1. The van der Waals surface area contributed by atoms with Gasteiger partial charge >= 0.3 is 0 Å². The standard InChI is InChI=1S/C16H31N5OS/c1-17-16(18-3-5-19-8-12-23-13-9-19)21-4-2-15(14-21)20-6-10-22-11-7-20/h15H,2-14H2,1H3,(H,17,18). The van der Waals surface area contributed by atoms with Crippen molar-refractivity contribution < 1.29 is 4.74 Å².